The van der Waals surface area contributed by atoms with Gasteiger partial charge in [0.15, 0.2) is 0 Å². The van der Waals surface area contributed by atoms with E-state index in [1.807, 2.05) is 0 Å². The third-order valence-corrected chi connectivity index (χ3v) is 15.1. The van der Waals surface area contributed by atoms with E-state index in [0.717, 1.165) is 8.95 Å². The second kappa shape index (κ2) is 11.1. The summed E-state index contributed by atoms with van der Waals surface area (Å²) < 4.78 is 2.20. The van der Waals surface area contributed by atoms with Gasteiger partial charge in [-0.15, -0.1) is 0 Å². The molecule has 0 fully saturated rings. The molecule has 2 aliphatic rings. The summed E-state index contributed by atoms with van der Waals surface area (Å²) in [6, 6.07) is 53.2. The van der Waals surface area contributed by atoms with E-state index in [1.54, 1.807) is 0 Å². The summed E-state index contributed by atoms with van der Waals surface area (Å²) in [6.07, 6.45) is 0. The van der Waals surface area contributed by atoms with E-state index in [4.69, 9.17) is 0 Å². The molecule has 0 saturated carbocycles. The van der Waals surface area contributed by atoms with Crippen LogP contribution in [-0.4, -0.2) is 0 Å². The van der Waals surface area contributed by atoms with Crippen molar-refractivity contribution < 1.29 is 0 Å². The lowest BCUT2D eigenvalue weighted by molar-refractivity contribution is 0.660. The van der Waals surface area contributed by atoms with Crippen molar-refractivity contribution in [2.75, 3.05) is 0 Å². The molecule has 0 atom stereocenters. The smallest absolute Gasteiger partial charge is 0.0195 e. The van der Waals surface area contributed by atoms with Crippen molar-refractivity contribution in [3.63, 3.8) is 0 Å². The molecule has 8 aromatic rings. The molecular formula is C48H35Br2P. The molecule has 0 radical (unpaired) electrons. The van der Waals surface area contributed by atoms with E-state index < -0.39 is 7.53 Å². The molecule has 0 unspecified atom stereocenters. The maximum absolute atomic E-state index is 3.79. The van der Waals surface area contributed by atoms with Gasteiger partial charge in [-0.05, 0) is 132 Å². The third kappa shape index (κ3) is 4.63. The second-order valence-corrected chi connectivity index (χ2v) is 19.3. The minimum atomic E-state index is -0.730. The Labute approximate surface area is 317 Å². The van der Waals surface area contributed by atoms with Crippen LogP contribution in [0.5, 0.6) is 0 Å². The Bertz CT molecular complexity index is 2590. The summed E-state index contributed by atoms with van der Waals surface area (Å²) >= 11 is 7.59. The highest BCUT2D eigenvalue weighted by molar-refractivity contribution is 9.11. The Balaban J connectivity index is 1.17. The highest BCUT2D eigenvalue weighted by Crippen LogP contribution is 2.58. The van der Waals surface area contributed by atoms with Crippen molar-refractivity contribution in [2.45, 2.75) is 38.5 Å². The van der Waals surface area contributed by atoms with E-state index in [0.29, 0.717) is 0 Å². The van der Waals surface area contributed by atoms with Crippen molar-refractivity contribution in [1.29, 1.82) is 0 Å². The number of rotatable bonds is 3. The third-order valence-electron chi connectivity index (χ3n) is 11.7. The predicted octanol–water partition coefficient (Wildman–Crippen LogP) is 15.4. The lowest BCUT2D eigenvalue weighted by Gasteiger charge is -2.22. The van der Waals surface area contributed by atoms with Crippen molar-refractivity contribution in [1.82, 2.24) is 0 Å². The van der Waals surface area contributed by atoms with Gasteiger partial charge in [0.25, 0.3) is 0 Å². The van der Waals surface area contributed by atoms with E-state index in [9.17, 15) is 0 Å². The Kier molecular flexibility index (Phi) is 6.89. The maximum Gasteiger partial charge on any atom is 0.0195 e. The first-order chi connectivity index (χ1) is 24.6. The molecule has 1 heterocycles. The van der Waals surface area contributed by atoms with Crippen molar-refractivity contribution >= 4 is 60.4 Å². The van der Waals surface area contributed by atoms with E-state index in [2.05, 4.69) is 199 Å². The van der Waals surface area contributed by atoms with Gasteiger partial charge < -0.3 is 0 Å². The monoisotopic (exact) mass is 800 g/mol. The first-order valence-corrected chi connectivity index (χ1v) is 20.6. The molecule has 0 spiro atoms. The van der Waals surface area contributed by atoms with Crippen LogP contribution in [0.15, 0.2) is 148 Å². The summed E-state index contributed by atoms with van der Waals surface area (Å²) in [4.78, 5) is 0. The van der Waals surface area contributed by atoms with Crippen LogP contribution in [-0.2, 0) is 10.8 Å². The molecular weight excluding hydrogens is 767 g/mol. The zero-order valence-electron chi connectivity index (χ0n) is 29.0. The van der Waals surface area contributed by atoms with Gasteiger partial charge in [0, 0.05) is 35.3 Å². The molecule has 7 aromatic carbocycles. The predicted molar refractivity (Wildman–Crippen MR) is 227 cm³/mol. The van der Waals surface area contributed by atoms with Crippen LogP contribution in [0.3, 0.4) is 0 Å². The van der Waals surface area contributed by atoms with Gasteiger partial charge >= 0.3 is 0 Å². The molecule has 246 valence electrons. The van der Waals surface area contributed by atoms with Gasteiger partial charge in [0.2, 0.25) is 0 Å². The SMILES string of the molecule is CC1(C)c2ccccc2-c2ccc(-c3ccc4c(c3)c3cc(-c5ccc6c(c5)C(C)(C)c5ccccc5-6)ccc3p4-c3cc(Br)cc(Br)c3)cc21. The fraction of sp³-hybridized carbons (Fsp3) is 0.125. The quantitative estimate of drug-likeness (QED) is 0.167. The van der Waals surface area contributed by atoms with Crippen LogP contribution in [0.25, 0.3) is 70.8 Å². The average molecular weight is 803 g/mol. The molecule has 0 amide bonds. The van der Waals surface area contributed by atoms with Gasteiger partial charge in [-0.2, -0.15) is 0 Å². The number of benzene rings is 7. The van der Waals surface area contributed by atoms with Crippen molar-refractivity contribution in [3.05, 3.63) is 171 Å². The molecule has 10 rings (SSSR count). The largest absolute Gasteiger partial charge is 0.0771 e. The zero-order chi connectivity index (χ0) is 34.8. The van der Waals surface area contributed by atoms with Gasteiger partial charge in [-0.1, -0.05) is 152 Å². The number of fused-ring (bicyclic) bond motifs is 9. The lowest BCUT2D eigenvalue weighted by atomic mass is 9.81. The lowest BCUT2D eigenvalue weighted by Crippen LogP contribution is -2.14. The minimum Gasteiger partial charge on any atom is -0.0771 e. The van der Waals surface area contributed by atoms with Gasteiger partial charge in [0.05, 0.1) is 0 Å². The number of hydrogen-bond acceptors (Lipinski definition) is 0. The van der Waals surface area contributed by atoms with Crippen molar-refractivity contribution in [2.24, 2.45) is 0 Å². The maximum atomic E-state index is 3.79. The minimum absolute atomic E-state index is 0.0334. The second-order valence-electron chi connectivity index (χ2n) is 15.3. The Morgan fingerprint density at radius 1 is 0.392 bits per heavy atom. The fourth-order valence-electron chi connectivity index (χ4n) is 9.10. The van der Waals surface area contributed by atoms with Crippen LogP contribution in [0.1, 0.15) is 49.9 Å². The topological polar surface area (TPSA) is 0 Å². The van der Waals surface area contributed by atoms with Crippen LogP contribution in [0.4, 0.5) is 0 Å². The average Bonchev–Trinajstić information content (AvgIpc) is 3.67. The molecule has 0 nitrogen and oxygen atoms in total. The molecule has 3 heteroatoms. The van der Waals surface area contributed by atoms with Crippen LogP contribution >= 0.6 is 39.4 Å². The molecule has 0 aliphatic heterocycles. The molecule has 1 aromatic heterocycles. The molecule has 0 saturated heterocycles. The van der Waals surface area contributed by atoms with Gasteiger partial charge in [-0.25, -0.2) is 0 Å². The number of halogens is 2. The van der Waals surface area contributed by atoms with Crippen molar-refractivity contribution in [3.8, 4) is 49.8 Å². The summed E-state index contributed by atoms with van der Waals surface area (Å²) in [5, 5.41) is 6.89. The van der Waals surface area contributed by atoms with E-state index >= 15 is 0 Å². The fourth-order valence-corrected chi connectivity index (χ4v) is 13.4. The number of hydrogen-bond donors (Lipinski definition) is 0. The standard InChI is InChI=1S/C48H35Br2P/c1-47(2)41-11-7-5-9-35(41)37-17-13-30(23-43(37)47)28-15-19-45-39(21-28)40-22-29(16-20-46(40)51(45)34-26-32(49)25-33(50)27-34)31-14-18-38-36-10-6-8-12-42(36)48(3,4)44(38)24-31/h5-27H,1-4H3. The Morgan fingerprint density at radius 2 is 0.784 bits per heavy atom. The highest BCUT2D eigenvalue weighted by atomic mass is 79.9. The Hall–Kier alpha value is -4.20. The van der Waals surface area contributed by atoms with E-state index in [1.165, 1.54) is 93.1 Å². The molecule has 2 aliphatic carbocycles. The molecule has 0 bridgehead atoms. The Morgan fingerprint density at radius 3 is 1.25 bits per heavy atom. The zero-order valence-corrected chi connectivity index (χ0v) is 33.0. The van der Waals surface area contributed by atoms with E-state index in [-0.39, 0.29) is 10.8 Å². The van der Waals surface area contributed by atoms with Crippen LogP contribution in [0.2, 0.25) is 0 Å². The summed E-state index contributed by atoms with van der Waals surface area (Å²) in [5.74, 6) is 0. The first-order valence-electron chi connectivity index (χ1n) is 17.6. The van der Waals surface area contributed by atoms with Gasteiger partial charge in [-0.3, -0.25) is 0 Å². The summed E-state index contributed by atoms with van der Waals surface area (Å²) in [7, 11) is -0.730. The highest BCUT2D eigenvalue weighted by Gasteiger charge is 2.36. The normalized spacial score (nSPS) is 14.8. The summed E-state index contributed by atoms with van der Waals surface area (Å²) in [5.41, 5.74) is 16.1. The van der Waals surface area contributed by atoms with Gasteiger partial charge in [0.1, 0.15) is 0 Å². The first kappa shape index (κ1) is 31.5. The molecule has 51 heavy (non-hydrogen) atoms. The summed E-state index contributed by atoms with van der Waals surface area (Å²) in [6.45, 7) is 9.46. The van der Waals surface area contributed by atoms with Crippen LogP contribution in [0, 0.1) is 0 Å². The molecule has 0 N–H and O–H groups in total. The van der Waals surface area contributed by atoms with Crippen LogP contribution < -0.4 is 0 Å².